The number of hydrogen-bond acceptors (Lipinski definition) is 9. The fourth-order valence-electron chi connectivity index (χ4n) is 5.67. The third kappa shape index (κ3) is 9.78. The minimum absolute atomic E-state index is 0.0163. The molecule has 1 N–H and O–H groups in total. The molecule has 10 heteroatoms. The summed E-state index contributed by atoms with van der Waals surface area (Å²) in [6.45, 7) is 3.35. The highest BCUT2D eigenvalue weighted by molar-refractivity contribution is 5.98. The second kappa shape index (κ2) is 17.2. The van der Waals surface area contributed by atoms with Crippen LogP contribution in [0.1, 0.15) is 54.7 Å². The second-order valence-electron chi connectivity index (χ2n) is 11.0. The molecule has 1 aromatic heterocycles. The third-order valence-electron chi connectivity index (χ3n) is 7.97. The van der Waals surface area contributed by atoms with Crippen LogP contribution in [-0.2, 0) is 36.6 Å². The molecule has 45 heavy (non-hydrogen) atoms. The third-order valence-corrected chi connectivity index (χ3v) is 7.97. The van der Waals surface area contributed by atoms with E-state index in [2.05, 4.69) is 34.6 Å². The number of nitrogens with one attached hydrogen (secondary N) is 1. The van der Waals surface area contributed by atoms with Crippen molar-refractivity contribution in [1.29, 1.82) is 0 Å². The van der Waals surface area contributed by atoms with E-state index in [1.807, 2.05) is 43.3 Å². The predicted molar refractivity (Wildman–Crippen MR) is 167 cm³/mol. The van der Waals surface area contributed by atoms with Crippen molar-refractivity contribution in [3.63, 3.8) is 0 Å². The van der Waals surface area contributed by atoms with Gasteiger partial charge in [-0.25, -0.2) is 14.6 Å². The predicted octanol–water partition coefficient (Wildman–Crippen LogP) is 4.94. The fraction of sp³-hybridized carbons (Fsp3) is 0.429. The van der Waals surface area contributed by atoms with Gasteiger partial charge in [-0.2, -0.15) is 0 Å². The lowest BCUT2D eigenvalue weighted by Gasteiger charge is -2.31. The van der Waals surface area contributed by atoms with E-state index >= 15 is 0 Å². The van der Waals surface area contributed by atoms with Crippen LogP contribution in [0.3, 0.4) is 0 Å². The molecule has 0 aliphatic carbocycles. The van der Waals surface area contributed by atoms with Gasteiger partial charge in [-0.1, -0.05) is 67.1 Å². The highest BCUT2D eigenvalue weighted by Crippen LogP contribution is 2.33. The van der Waals surface area contributed by atoms with Gasteiger partial charge in [0.05, 0.1) is 7.11 Å². The first-order valence-corrected chi connectivity index (χ1v) is 15.4. The van der Waals surface area contributed by atoms with E-state index in [0.717, 1.165) is 19.3 Å². The van der Waals surface area contributed by atoms with E-state index in [4.69, 9.17) is 23.7 Å². The van der Waals surface area contributed by atoms with Crippen LogP contribution in [0.2, 0.25) is 0 Å². The Labute approximate surface area is 264 Å². The lowest BCUT2D eigenvalue weighted by Crippen LogP contribution is -2.43. The number of nitrogens with zero attached hydrogens (tertiary/aromatic N) is 1. The van der Waals surface area contributed by atoms with Crippen LogP contribution >= 0.6 is 0 Å². The van der Waals surface area contributed by atoms with Crippen molar-refractivity contribution >= 4 is 17.8 Å². The lowest BCUT2D eigenvalue weighted by molar-refractivity contribution is -0.155. The summed E-state index contributed by atoms with van der Waals surface area (Å²) in [7, 11) is 1.42. The Balaban J connectivity index is 1.50. The molecule has 4 rings (SSSR count). The lowest BCUT2D eigenvalue weighted by atomic mass is 9.77. The summed E-state index contributed by atoms with van der Waals surface area (Å²) in [4.78, 5) is 43.0. The summed E-state index contributed by atoms with van der Waals surface area (Å²) in [5.74, 6) is -1.22. The summed E-state index contributed by atoms with van der Waals surface area (Å²) >= 11 is 0. The zero-order valence-electron chi connectivity index (χ0n) is 26.1. The summed E-state index contributed by atoms with van der Waals surface area (Å²) in [5, 5.41) is 2.81. The molecule has 2 heterocycles. The number of benzene rings is 2. The van der Waals surface area contributed by atoms with E-state index in [9.17, 15) is 14.4 Å². The Morgan fingerprint density at radius 3 is 2.33 bits per heavy atom. The molecular weight excluding hydrogens is 576 g/mol. The van der Waals surface area contributed by atoms with Crippen LogP contribution in [-0.4, -0.2) is 62.1 Å². The summed E-state index contributed by atoms with van der Waals surface area (Å²) in [6.07, 6.45) is 4.61. The van der Waals surface area contributed by atoms with Gasteiger partial charge in [0.25, 0.3) is 5.91 Å². The van der Waals surface area contributed by atoms with Crippen LogP contribution in [0, 0.1) is 11.8 Å². The van der Waals surface area contributed by atoms with Crippen LogP contribution in [0.4, 0.5) is 0 Å². The molecule has 240 valence electrons. The van der Waals surface area contributed by atoms with Crippen molar-refractivity contribution in [1.82, 2.24) is 10.3 Å². The molecule has 1 aliphatic heterocycles. The maximum absolute atomic E-state index is 13.5. The molecule has 0 spiro atoms. The number of methoxy groups -OCH3 is 1. The molecule has 2 aromatic carbocycles. The van der Waals surface area contributed by atoms with Gasteiger partial charge in [0, 0.05) is 24.8 Å². The normalized spacial score (nSPS) is 20.1. The Kier molecular flexibility index (Phi) is 12.8. The van der Waals surface area contributed by atoms with Crippen LogP contribution in [0.15, 0.2) is 72.9 Å². The van der Waals surface area contributed by atoms with Crippen molar-refractivity contribution < 1.29 is 38.1 Å². The standard InChI is InChI=1S/C35H42N2O8/c1-4-42-22-31(38)43-23-44-33-30(41-3)18-19-36-32(33)34(39)37-29-17-11-16-27(20-25-12-7-5-8-13-25)28(24(2)45-35(29)40)21-26-14-9-6-10-15-26/h5-10,12-15,18-19,24,27-29H,4,11,16-17,20-23H2,1-3H3,(H,37,39)/t24-,27+,28-,29-/m0/s1. The average Bonchev–Trinajstić information content (AvgIpc) is 3.10. The molecule has 4 atom stereocenters. The minimum atomic E-state index is -0.891. The van der Waals surface area contributed by atoms with E-state index in [1.54, 1.807) is 6.92 Å². The smallest absolute Gasteiger partial charge is 0.334 e. The van der Waals surface area contributed by atoms with E-state index in [1.165, 1.54) is 30.5 Å². The molecule has 1 amide bonds. The molecule has 0 unspecified atom stereocenters. The van der Waals surface area contributed by atoms with Crippen molar-refractivity contribution in [3.8, 4) is 11.5 Å². The molecule has 1 saturated heterocycles. The number of amides is 1. The van der Waals surface area contributed by atoms with Gasteiger partial charge in [0.2, 0.25) is 6.79 Å². The summed E-state index contributed by atoms with van der Waals surface area (Å²) < 4.78 is 27.1. The summed E-state index contributed by atoms with van der Waals surface area (Å²) in [5.41, 5.74) is 2.32. The van der Waals surface area contributed by atoms with Gasteiger partial charge in [-0.15, -0.1) is 0 Å². The monoisotopic (exact) mass is 618 g/mol. The van der Waals surface area contributed by atoms with Crippen molar-refractivity contribution in [3.05, 3.63) is 89.7 Å². The van der Waals surface area contributed by atoms with Crippen molar-refractivity contribution in [2.45, 2.75) is 58.1 Å². The molecule has 1 aliphatic rings. The summed E-state index contributed by atoms with van der Waals surface area (Å²) in [6, 6.07) is 21.2. The zero-order chi connectivity index (χ0) is 32.0. The SMILES string of the molecule is CCOCC(=O)OCOc1c(OC)ccnc1C(=O)N[C@H]1CCC[C@H](Cc2ccccc2)[C@@H](Cc2ccccc2)[C@H](C)OC1=O. The van der Waals surface area contributed by atoms with E-state index in [-0.39, 0.29) is 41.7 Å². The van der Waals surface area contributed by atoms with Crippen LogP contribution in [0.25, 0.3) is 0 Å². The van der Waals surface area contributed by atoms with Gasteiger partial charge >= 0.3 is 11.9 Å². The number of ether oxygens (including phenoxy) is 5. The number of hydrogen-bond donors (Lipinski definition) is 1. The zero-order valence-corrected chi connectivity index (χ0v) is 26.1. The number of esters is 2. The fourth-order valence-corrected chi connectivity index (χ4v) is 5.67. The van der Waals surface area contributed by atoms with Gasteiger partial charge < -0.3 is 29.0 Å². The highest BCUT2D eigenvalue weighted by atomic mass is 16.7. The molecule has 0 radical (unpaired) electrons. The quantitative estimate of drug-likeness (QED) is 0.210. The van der Waals surface area contributed by atoms with Crippen molar-refractivity contribution in [2.24, 2.45) is 11.8 Å². The molecule has 3 aromatic rings. The van der Waals surface area contributed by atoms with Gasteiger partial charge in [0.1, 0.15) is 18.8 Å². The van der Waals surface area contributed by atoms with Gasteiger partial charge in [0.15, 0.2) is 17.2 Å². The molecule has 10 nitrogen and oxygen atoms in total. The molecule has 1 fully saturated rings. The maximum atomic E-state index is 13.5. The number of rotatable bonds is 13. The number of aromatic nitrogens is 1. The number of pyridine rings is 1. The van der Waals surface area contributed by atoms with Gasteiger partial charge in [-0.05, 0) is 56.6 Å². The topological polar surface area (TPSA) is 122 Å². The first kappa shape index (κ1) is 33.5. The number of carbonyl (C=O) groups excluding carboxylic acids is 3. The number of cyclic esters (lactones) is 1. The first-order valence-electron chi connectivity index (χ1n) is 15.4. The van der Waals surface area contributed by atoms with Gasteiger partial charge in [-0.3, -0.25) is 4.79 Å². The van der Waals surface area contributed by atoms with Crippen molar-refractivity contribution in [2.75, 3.05) is 27.1 Å². The Bertz CT molecular complexity index is 1380. The van der Waals surface area contributed by atoms with E-state index in [0.29, 0.717) is 19.4 Å². The Morgan fingerprint density at radius 1 is 0.978 bits per heavy atom. The second-order valence-corrected chi connectivity index (χ2v) is 11.0. The average molecular weight is 619 g/mol. The Hall–Kier alpha value is -4.44. The Morgan fingerprint density at radius 2 is 1.67 bits per heavy atom. The molecular formula is C35H42N2O8. The largest absolute Gasteiger partial charge is 0.493 e. The van der Waals surface area contributed by atoms with Crippen LogP contribution < -0.4 is 14.8 Å². The number of carbonyl (C=O) groups is 3. The first-order chi connectivity index (χ1) is 21.9. The maximum Gasteiger partial charge on any atom is 0.334 e. The van der Waals surface area contributed by atoms with Crippen LogP contribution in [0.5, 0.6) is 11.5 Å². The molecule has 0 bridgehead atoms. The minimum Gasteiger partial charge on any atom is -0.493 e. The van der Waals surface area contributed by atoms with E-state index < -0.39 is 30.7 Å². The molecule has 0 saturated carbocycles. The highest BCUT2D eigenvalue weighted by Gasteiger charge is 2.35.